The summed E-state index contributed by atoms with van der Waals surface area (Å²) in [6.45, 7) is 2.21. The van der Waals surface area contributed by atoms with Gasteiger partial charge in [-0.05, 0) is 60.0 Å². The summed E-state index contributed by atoms with van der Waals surface area (Å²) in [4.78, 5) is 25.4. The molecule has 0 unspecified atom stereocenters. The Hall–Kier alpha value is -3.60. The molecule has 4 N–H and O–H groups in total. The molecule has 2 aliphatic heterocycles. The molecular weight excluding hydrogens is 572 g/mol. The van der Waals surface area contributed by atoms with Crippen molar-refractivity contribution in [2.24, 2.45) is 0 Å². The van der Waals surface area contributed by atoms with E-state index in [1.165, 1.54) is 0 Å². The van der Waals surface area contributed by atoms with E-state index in [9.17, 15) is 19.8 Å². The number of aliphatic hydroxyl groups is 2. The molecule has 5 rings (SSSR count). The number of hydrogen-bond donors (Lipinski definition) is 4. The van der Waals surface area contributed by atoms with Gasteiger partial charge in [0, 0.05) is 44.0 Å². The third-order valence-corrected chi connectivity index (χ3v) is 8.79. The van der Waals surface area contributed by atoms with Crippen molar-refractivity contribution in [1.29, 1.82) is 0 Å². The van der Waals surface area contributed by atoms with Crippen LogP contribution in [0.2, 0.25) is 0 Å². The number of aliphatic carboxylic acids is 1. The van der Waals surface area contributed by atoms with Gasteiger partial charge in [-0.15, -0.1) is 0 Å². The van der Waals surface area contributed by atoms with Gasteiger partial charge in [0.15, 0.2) is 6.29 Å². The highest BCUT2D eigenvalue weighted by Gasteiger charge is 2.35. The summed E-state index contributed by atoms with van der Waals surface area (Å²) in [5.41, 5.74) is 5.83. The van der Waals surface area contributed by atoms with E-state index in [-0.39, 0.29) is 43.8 Å². The summed E-state index contributed by atoms with van der Waals surface area (Å²) in [6, 6.07) is 24.1. The minimum absolute atomic E-state index is 0.00583. The number of carbonyl (C=O) groups is 2. The van der Waals surface area contributed by atoms with Crippen LogP contribution in [0.4, 0.5) is 0 Å². The number of hydrogen-bond acceptors (Lipinski definition) is 7. The average molecular weight is 617 g/mol. The van der Waals surface area contributed by atoms with Crippen LogP contribution in [0.1, 0.15) is 79.6 Å². The Bertz CT molecular complexity index is 1400. The molecule has 9 heteroatoms. The van der Waals surface area contributed by atoms with Crippen molar-refractivity contribution in [2.75, 3.05) is 19.7 Å². The van der Waals surface area contributed by atoms with E-state index in [4.69, 9.17) is 14.6 Å². The maximum absolute atomic E-state index is 12.3. The Morgan fingerprint density at radius 2 is 1.62 bits per heavy atom. The van der Waals surface area contributed by atoms with Crippen molar-refractivity contribution in [3.8, 4) is 11.1 Å². The minimum atomic E-state index is -0.844. The molecule has 2 saturated heterocycles. The first-order valence-corrected chi connectivity index (χ1v) is 16.0. The maximum atomic E-state index is 12.3. The quantitative estimate of drug-likeness (QED) is 0.184. The van der Waals surface area contributed by atoms with Crippen LogP contribution in [-0.4, -0.2) is 63.9 Å². The predicted octanol–water partition coefficient (Wildman–Crippen LogP) is 5.11. The van der Waals surface area contributed by atoms with Crippen LogP contribution in [0, 0.1) is 0 Å². The standard InChI is InChI=1S/C36H44N2O7/c39-23-25-11-13-27(14-12-25)33-20-31(22-38-19-5-7-30(38)24-40)44-36(45-33)28-17-15-26(16-18-28)32-8-2-1-6-29(32)21-37-34(41)9-3-4-10-35(42)43/h1-2,6,8,11-18,30-31,33,36,39-40H,3-5,7,9-10,19-24H2,(H,37,41)(H,42,43)/t30-,31-,33+,36+/m0/s1. The molecule has 2 heterocycles. The molecule has 3 aromatic rings. The van der Waals surface area contributed by atoms with Gasteiger partial charge in [0.2, 0.25) is 5.91 Å². The summed E-state index contributed by atoms with van der Waals surface area (Å²) >= 11 is 0. The zero-order chi connectivity index (χ0) is 31.6. The van der Waals surface area contributed by atoms with E-state index in [1.54, 1.807) is 0 Å². The van der Waals surface area contributed by atoms with E-state index in [0.29, 0.717) is 32.2 Å². The molecule has 1 amide bonds. The third-order valence-electron chi connectivity index (χ3n) is 8.79. The third kappa shape index (κ3) is 8.99. The summed E-state index contributed by atoms with van der Waals surface area (Å²) in [7, 11) is 0. The average Bonchev–Trinajstić information content (AvgIpc) is 3.52. The topological polar surface area (TPSA) is 129 Å². The molecule has 2 fully saturated rings. The molecule has 0 saturated carbocycles. The number of aliphatic hydroxyl groups excluding tert-OH is 2. The SMILES string of the molecule is O=C(O)CCCCC(=O)NCc1ccccc1-c1ccc([C@@H]2O[C@H](CN3CCC[C@H]3CO)C[C@H](c3ccc(CO)cc3)O2)cc1. The van der Waals surface area contributed by atoms with Crippen molar-refractivity contribution >= 4 is 11.9 Å². The second-order valence-electron chi connectivity index (χ2n) is 12.0. The molecule has 3 aromatic carbocycles. The molecule has 2 aliphatic rings. The number of carbonyl (C=O) groups excluding carboxylic acids is 1. The van der Waals surface area contributed by atoms with Gasteiger partial charge in [-0.3, -0.25) is 14.5 Å². The molecule has 45 heavy (non-hydrogen) atoms. The predicted molar refractivity (Wildman–Crippen MR) is 170 cm³/mol. The summed E-state index contributed by atoms with van der Waals surface area (Å²) < 4.78 is 13.1. The Morgan fingerprint density at radius 1 is 0.889 bits per heavy atom. The lowest BCUT2D eigenvalue weighted by Gasteiger charge is -2.38. The normalized spacial score (nSPS) is 21.9. The van der Waals surface area contributed by atoms with Gasteiger partial charge in [0.25, 0.3) is 0 Å². The Kier molecular flexibility index (Phi) is 11.7. The molecule has 0 aromatic heterocycles. The van der Waals surface area contributed by atoms with Crippen molar-refractivity contribution in [3.05, 3.63) is 95.1 Å². The number of rotatable bonds is 14. The monoisotopic (exact) mass is 616 g/mol. The molecule has 0 aliphatic carbocycles. The molecule has 4 atom stereocenters. The fourth-order valence-corrected chi connectivity index (χ4v) is 6.26. The van der Waals surface area contributed by atoms with Crippen LogP contribution in [0.25, 0.3) is 11.1 Å². The van der Waals surface area contributed by atoms with Crippen LogP contribution in [0.3, 0.4) is 0 Å². The fourth-order valence-electron chi connectivity index (χ4n) is 6.26. The molecule has 9 nitrogen and oxygen atoms in total. The summed E-state index contributed by atoms with van der Waals surface area (Å²) in [6.07, 6.45) is 3.35. The number of carboxylic acids is 1. The molecule has 0 bridgehead atoms. The first-order valence-electron chi connectivity index (χ1n) is 16.0. The molecule has 0 radical (unpaired) electrons. The van der Waals surface area contributed by atoms with Crippen molar-refractivity contribution < 1.29 is 34.4 Å². The lowest BCUT2D eigenvalue weighted by Crippen LogP contribution is -2.42. The van der Waals surface area contributed by atoms with Gasteiger partial charge in [-0.1, -0.05) is 72.8 Å². The summed E-state index contributed by atoms with van der Waals surface area (Å²) in [5, 5.41) is 31.1. The first-order chi connectivity index (χ1) is 21.9. The lowest BCUT2D eigenvalue weighted by molar-refractivity contribution is -0.253. The minimum Gasteiger partial charge on any atom is -0.481 e. The van der Waals surface area contributed by atoms with Gasteiger partial charge in [0.1, 0.15) is 0 Å². The number of amides is 1. The zero-order valence-corrected chi connectivity index (χ0v) is 25.6. The number of carboxylic acid groups (broad SMARTS) is 1. The van der Waals surface area contributed by atoms with E-state index in [1.807, 2.05) is 72.8 Å². The number of benzene rings is 3. The van der Waals surface area contributed by atoms with Gasteiger partial charge in [-0.25, -0.2) is 0 Å². The highest BCUT2D eigenvalue weighted by molar-refractivity contribution is 5.76. The summed E-state index contributed by atoms with van der Waals surface area (Å²) in [5.74, 6) is -0.935. The van der Waals surface area contributed by atoms with Crippen LogP contribution in [0.15, 0.2) is 72.8 Å². The lowest BCUT2D eigenvalue weighted by atomic mass is 9.97. The number of ether oxygens (including phenoxy) is 2. The van der Waals surface area contributed by atoms with Gasteiger partial charge in [-0.2, -0.15) is 0 Å². The van der Waals surface area contributed by atoms with Crippen LogP contribution < -0.4 is 5.32 Å². The smallest absolute Gasteiger partial charge is 0.303 e. The number of nitrogens with one attached hydrogen (secondary N) is 1. The van der Waals surface area contributed by atoms with Crippen LogP contribution in [-0.2, 0) is 32.2 Å². The second-order valence-corrected chi connectivity index (χ2v) is 12.0. The fraction of sp³-hybridized carbons (Fsp3) is 0.444. The van der Waals surface area contributed by atoms with Crippen LogP contribution >= 0.6 is 0 Å². The molecule has 240 valence electrons. The van der Waals surface area contributed by atoms with E-state index in [2.05, 4.69) is 10.2 Å². The van der Waals surface area contributed by atoms with E-state index < -0.39 is 12.3 Å². The number of unbranched alkanes of at least 4 members (excludes halogenated alkanes) is 1. The van der Waals surface area contributed by atoms with Crippen molar-refractivity contribution in [1.82, 2.24) is 10.2 Å². The van der Waals surface area contributed by atoms with E-state index >= 15 is 0 Å². The maximum Gasteiger partial charge on any atom is 0.303 e. The second kappa shape index (κ2) is 16.1. The Balaban J connectivity index is 1.28. The molecule has 0 spiro atoms. The van der Waals surface area contributed by atoms with Gasteiger partial charge >= 0.3 is 5.97 Å². The number of likely N-dealkylation sites (tertiary alicyclic amines) is 1. The highest BCUT2D eigenvalue weighted by Crippen LogP contribution is 2.39. The number of nitrogens with zero attached hydrogens (tertiary/aromatic N) is 1. The van der Waals surface area contributed by atoms with Gasteiger partial charge < -0.3 is 30.1 Å². The Labute approximate surface area is 264 Å². The van der Waals surface area contributed by atoms with Crippen LogP contribution in [0.5, 0.6) is 0 Å². The van der Waals surface area contributed by atoms with Gasteiger partial charge in [0.05, 0.1) is 25.4 Å². The largest absolute Gasteiger partial charge is 0.481 e. The highest BCUT2D eigenvalue weighted by atomic mass is 16.7. The molecular formula is C36H44N2O7. The zero-order valence-electron chi connectivity index (χ0n) is 25.6. The Morgan fingerprint density at radius 3 is 2.36 bits per heavy atom. The van der Waals surface area contributed by atoms with Crippen molar-refractivity contribution in [3.63, 3.8) is 0 Å². The van der Waals surface area contributed by atoms with Crippen molar-refractivity contribution in [2.45, 2.75) is 82.6 Å². The first kappa shape index (κ1) is 32.8. The van der Waals surface area contributed by atoms with E-state index in [0.717, 1.165) is 59.3 Å².